The van der Waals surface area contributed by atoms with Crippen LogP contribution in [0.1, 0.15) is 0 Å². The SMILES string of the molecule is S=C1C=COC(=S)C1=S. The molecule has 1 aliphatic rings. The molecule has 0 aromatic carbocycles. The van der Waals surface area contributed by atoms with Gasteiger partial charge in [-0.15, -0.1) is 0 Å². The van der Waals surface area contributed by atoms with Crippen molar-refractivity contribution in [2.24, 2.45) is 0 Å². The minimum Gasteiger partial charge on any atom is -0.452 e. The maximum atomic E-state index is 4.81. The van der Waals surface area contributed by atoms with Gasteiger partial charge < -0.3 is 4.74 Å². The molecular formula is C5H2OS3. The van der Waals surface area contributed by atoms with Crippen molar-refractivity contribution in [1.82, 2.24) is 0 Å². The van der Waals surface area contributed by atoms with Crippen molar-refractivity contribution in [2.45, 2.75) is 0 Å². The van der Waals surface area contributed by atoms with Gasteiger partial charge in [0.15, 0.2) is 0 Å². The third-order valence-corrected chi connectivity index (χ3v) is 2.11. The van der Waals surface area contributed by atoms with Gasteiger partial charge in [-0.25, -0.2) is 0 Å². The smallest absolute Gasteiger partial charge is 0.209 e. The van der Waals surface area contributed by atoms with E-state index in [1.54, 1.807) is 6.08 Å². The first kappa shape index (κ1) is 6.92. The highest BCUT2D eigenvalue weighted by Gasteiger charge is 2.12. The van der Waals surface area contributed by atoms with Gasteiger partial charge in [-0.1, -0.05) is 24.4 Å². The van der Waals surface area contributed by atoms with E-state index in [-0.39, 0.29) is 0 Å². The molecule has 0 aromatic rings. The summed E-state index contributed by atoms with van der Waals surface area (Å²) in [6, 6.07) is 0. The van der Waals surface area contributed by atoms with Crippen LogP contribution >= 0.6 is 36.7 Å². The molecule has 0 amide bonds. The highest BCUT2D eigenvalue weighted by Crippen LogP contribution is 2.00. The monoisotopic (exact) mass is 174 g/mol. The number of ether oxygens (including phenoxy) is 1. The summed E-state index contributed by atoms with van der Waals surface area (Å²) in [5, 5.41) is 0.303. The zero-order chi connectivity index (χ0) is 6.85. The second-order valence-electron chi connectivity index (χ2n) is 1.40. The molecule has 9 heavy (non-hydrogen) atoms. The normalized spacial score (nSPS) is 18.0. The molecule has 4 heteroatoms. The lowest BCUT2D eigenvalue weighted by Crippen LogP contribution is -2.21. The molecule has 46 valence electrons. The summed E-state index contributed by atoms with van der Waals surface area (Å²) in [4.78, 5) is 1.05. The van der Waals surface area contributed by atoms with Gasteiger partial charge in [0.05, 0.1) is 11.1 Å². The summed E-state index contributed by atoms with van der Waals surface area (Å²) >= 11 is 14.3. The van der Waals surface area contributed by atoms with Crippen molar-refractivity contribution in [3.8, 4) is 0 Å². The second-order valence-corrected chi connectivity index (χ2v) is 2.62. The Labute approximate surface area is 68.7 Å². The van der Waals surface area contributed by atoms with Crippen molar-refractivity contribution in [1.29, 1.82) is 0 Å². The van der Waals surface area contributed by atoms with Crippen molar-refractivity contribution < 1.29 is 4.74 Å². The summed E-state index contributed by atoms with van der Waals surface area (Å²) < 4.78 is 4.78. The quantitative estimate of drug-likeness (QED) is 0.516. The standard InChI is InChI=1S/C5H2OS3/c7-3-1-2-6-5(9)4(3)8/h1-2H. The first-order chi connectivity index (χ1) is 4.22. The molecule has 0 aliphatic carbocycles. The second kappa shape index (κ2) is 2.60. The van der Waals surface area contributed by atoms with Gasteiger partial charge in [0.2, 0.25) is 5.05 Å². The molecule has 1 rings (SSSR count). The zero-order valence-corrected chi connectivity index (χ0v) is 6.74. The summed E-state index contributed by atoms with van der Waals surface area (Å²) in [7, 11) is 0. The maximum absolute atomic E-state index is 4.81. The van der Waals surface area contributed by atoms with E-state index in [1.807, 2.05) is 0 Å². The molecule has 1 aliphatic heterocycles. The van der Waals surface area contributed by atoms with Gasteiger partial charge in [-0.3, -0.25) is 0 Å². The van der Waals surface area contributed by atoms with Crippen molar-refractivity contribution in [2.75, 3.05) is 0 Å². The predicted molar refractivity (Wildman–Crippen MR) is 48.0 cm³/mol. The predicted octanol–water partition coefficient (Wildman–Crippen LogP) is 1.60. The Morgan fingerprint density at radius 1 is 1.22 bits per heavy atom. The van der Waals surface area contributed by atoms with E-state index in [4.69, 9.17) is 41.4 Å². The molecule has 0 saturated heterocycles. The van der Waals surface area contributed by atoms with Crippen LogP contribution in [-0.4, -0.2) is 14.8 Å². The molecule has 0 saturated carbocycles. The molecule has 0 unspecified atom stereocenters. The molecule has 1 nitrogen and oxygen atoms in total. The summed E-state index contributed by atoms with van der Waals surface area (Å²) in [5.41, 5.74) is 0. The third kappa shape index (κ3) is 1.38. The van der Waals surface area contributed by atoms with Gasteiger partial charge in [0, 0.05) is 0 Å². The molecule has 1 heterocycles. The van der Waals surface area contributed by atoms with Crippen LogP contribution in [0.3, 0.4) is 0 Å². The van der Waals surface area contributed by atoms with Crippen LogP contribution in [0.5, 0.6) is 0 Å². The fourth-order valence-electron chi connectivity index (χ4n) is 0.387. The Balaban J connectivity index is 2.94. The van der Waals surface area contributed by atoms with Crippen LogP contribution < -0.4 is 0 Å². The van der Waals surface area contributed by atoms with E-state index in [9.17, 15) is 0 Å². The van der Waals surface area contributed by atoms with Crippen LogP contribution in [0.25, 0.3) is 0 Å². The van der Waals surface area contributed by atoms with Gasteiger partial charge >= 0.3 is 0 Å². The number of rotatable bonds is 0. The number of allylic oxidation sites excluding steroid dienone is 1. The molecule has 0 atom stereocenters. The van der Waals surface area contributed by atoms with Crippen LogP contribution in [-0.2, 0) is 4.74 Å². The van der Waals surface area contributed by atoms with Crippen LogP contribution in [0.15, 0.2) is 12.3 Å². The summed E-state index contributed by atoms with van der Waals surface area (Å²) in [6.07, 6.45) is 3.06. The lowest BCUT2D eigenvalue weighted by molar-refractivity contribution is 0.493. The van der Waals surface area contributed by atoms with E-state index in [0.29, 0.717) is 14.8 Å². The Morgan fingerprint density at radius 2 is 1.89 bits per heavy atom. The fourth-order valence-corrected chi connectivity index (χ4v) is 0.882. The highest BCUT2D eigenvalue weighted by molar-refractivity contribution is 7.95. The van der Waals surface area contributed by atoms with E-state index in [2.05, 4.69) is 0 Å². The Hall–Kier alpha value is -0.190. The maximum Gasteiger partial charge on any atom is 0.209 e. The van der Waals surface area contributed by atoms with Crippen molar-refractivity contribution in [3.63, 3.8) is 0 Å². The molecular weight excluding hydrogens is 172 g/mol. The van der Waals surface area contributed by atoms with E-state index in [1.165, 1.54) is 6.26 Å². The Bertz CT molecular complexity index is 216. The number of hydrogen-bond acceptors (Lipinski definition) is 4. The first-order valence-electron chi connectivity index (χ1n) is 2.17. The lowest BCUT2D eigenvalue weighted by Gasteiger charge is -2.07. The fraction of sp³-hybridized carbons (Fsp3) is 0. The average molecular weight is 174 g/mol. The molecule has 0 fully saturated rings. The van der Waals surface area contributed by atoms with Gasteiger partial charge in [0.1, 0.15) is 4.86 Å². The minimum atomic E-state index is 0.303. The highest BCUT2D eigenvalue weighted by atomic mass is 32.1. The molecule has 0 aromatic heterocycles. The zero-order valence-electron chi connectivity index (χ0n) is 4.29. The van der Waals surface area contributed by atoms with Gasteiger partial charge in [-0.05, 0) is 18.3 Å². The van der Waals surface area contributed by atoms with Gasteiger partial charge in [0.25, 0.3) is 0 Å². The average Bonchev–Trinajstić information content (AvgIpc) is 1.83. The minimum absolute atomic E-state index is 0.303. The molecule has 0 bridgehead atoms. The first-order valence-corrected chi connectivity index (χ1v) is 3.40. The van der Waals surface area contributed by atoms with Crippen molar-refractivity contribution >= 4 is 51.4 Å². The molecule has 0 radical (unpaired) electrons. The number of thiocarbonyl (C=S) groups is 3. The Morgan fingerprint density at radius 3 is 2.33 bits per heavy atom. The van der Waals surface area contributed by atoms with E-state index in [0.717, 1.165) is 0 Å². The van der Waals surface area contributed by atoms with E-state index >= 15 is 0 Å². The third-order valence-electron chi connectivity index (χ3n) is 0.804. The Kier molecular flexibility index (Phi) is 2.00. The van der Waals surface area contributed by atoms with Crippen LogP contribution in [0.2, 0.25) is 0 Å². The number of hydrogen-bond donors (Lipinski definition) is 0. The topological polar surface area (TPSA) is 9.23 Å². The van der Waals surface area contributed by atoms with Crippen LogP contribution in [0.4, 0.5) is 0 Å². The lowest BCUT2D eigenvalue weighted by atomic mass is 10.3. The largest absolute Gasteiger partial charge is 0.452 e. The van der Waals surface area contributed by atoms with Crippen molar-refractivity contribution in [3.05, 3.63) is 12.3 Å². The summed E-state index contributed by atoms with van der Waals surface area (Å²) in [5.74, 6) is 0. The summed E-state index contributed by atoms with van der Waals surface area (Å²) in [6.45, 7) is 0. The van der Waals surface area contributed by atoms with Gasteiger partial charge in [-0.2, -0.15) is 0 Å². The van der Waals surface area contributed by atoms with E-state index < -0.39 is 0 Å². The molecule has 0 N–H and O–H groups in total. The molecule has 0 spiro atoms. The van der Waals surface area contributed by atoms with Crippen LogP contribution in [0, 0.1) is 0 Å².